The van der Waals surface area contributed by atoms with Gasteiger partial charge in [-0.15, -0.1) is 0 Å². The van der Waals surface area contributed by atoms with E-state index in [0.717, 1.165) is 0 Å². The number of nitrogens with one attached hydrogen (secondary N) is 1. The number of carbonyl (C=O) groups excluding carboxylic acids is 3. The van der Waals surface area contributed by atoms with Gasteiger partial charge in [0.15, 0.2) is 6.61 Å². The van der Waals surface area contributed by atoms with Gasteiger partial charge in [0, 0.05) is 30.5 Å². The molecule has 0 bridgehead atoms. The molecular weight excluding hydrogens is 388 g/mol. The predicted molar refractivity (Wildman–Crippen MR) is 102 cm³/mol. The Morgan fingerprint density at radius 3 is 2.46 bits per heavy atom. The van der Waals surface area contributed by atoms with E-state index >= 15 is 0 Å². The lowest BCUT2D eigenvalue weighted by Crippen LogP contribution is -2.24. The highest BCUT2D eigenvalue weighted by Crippen LogP contribution is 2.24. The van der Waals surface area contributed by atoms with Crippen molar-refractivity contribution >= 4 is 35.7 Å². The van der Waals surface area contributed by atoms with Crippen LogP contribution in [0.2, 0.25) is 5.02 Å². The molecule has 2 aromatic carbocycles. The first-order valence-corrected chi connectivity index (χ1v) is 8.42. The van der Waals surface area contributed by atoms with Crippen LogP contribution in [0.5, 0.6) is 17.2 Å². The van der Waals surface area contributed by atoms with Gasteiger partial charge in [0.1, 0.15) is 17.2 Å². The summed E-state index contributed by atoms with van der Waals surface area (Å²) in [5.41, 5.74) is 2.68. The maximum absolute atomic E-state index is 11.8. The minimum Gasteiger partial charge on any atom is -0.484 e. The Bertz CT molecular complexity index is 913. The summed E-state index contributed by atoms with van der Waals surface area (Å²) >= 11 is 5.83. The van der Waals surface area contributed by atoms with E-state index in [1.54, 1.807) is 24.3 Å². The van der Waals surface area contributed by atoms with Crippen molar-refractivity contribution in [2.45, 2.75) is 13.8 Å². The van der Waals surface area contributed by atoms with Gasteiger partial charge in [-0.25, -0.2) is 5.43 Å². The van der Waals surface area contributed by atoms with Crippen LogP contribution in [0.15, 0.2) is 47.6 Å². The first-order valence-electron chi connectivity index (χ1n) is 8.04. The number of esters is 2. The Morgan fingerprint density at radius 1 is 1.04 bits per heavy atom. The Kier molecular flexibility index (Phi) is 7.53. The van der Waals surface area contributed by atoms with Crippen molar-refractivity contribution in [3.05, 3.63) is 53.1 Å². The topological polar surface area (TPSA) is 103 Å². The van der Waals surface area contributed by atoms with E-state index in [-0.39, 0.29) is 18.1 Å². The molecule has 0 heterocycles. The van der Waals surface area contributed by atoms with Gasteiger partial charge < -0.3 is 14.2 Å². The third-order valence-electron chi connectivity index (χ3n) is 3.06. The molecule has 146 valence electrons. The summed E-state index contributed by atoms with van der Waals surface area (Å²) in [6, 6.07) is 11.0. The third kappa shape index (κ3) is 7.08. The van der Waals surface area contributed by atoms with E-state index in [9.17, 15) is 14.4 Å². The minimum atomic E-state index is -0.561. The molecule has 8 nitrogen and oxygen atoms in total. The van der Waals surface area contributed by atoms with E-state index in [2.05, 4.69) is 10.5 Å². The quantitative estimate of drug-likeness (QED) is 0.329. The largest absolute Gasteiger partial charge is 0.484 e. The summed E-state index contributed by atoms with van der Waals surface area (Å²) in [6.07, 6.45) is 1.28. The normalized spacial score (nSPS) is 10.4. The van der Waals surface area contributed by atoms with E-state index in [4.69, 9.17) is 25.8 Å². The molecule has 9 heteroatoms. The van der Waals surface area contributed by atoms with Gasteiger partial charge in [-0.3, -0.25) is 14.4 Å². The van der Waals surface area contributed by atoms with Gasteiger partial charge in [-0.1, -0.05) is 17.7 Å². The molecule has 2 aromatic rings. The van der Waals surface area contributed by atoms with Gasteiger partial charge in [0.2, 0.25) is 0 Å². The van der Waals surface area contributed by atoms with Crippen molar-refractivity contribution in [1.82, 2.24) is 5.43 Å². The van der Waals surface area contributed by atoms with Crippen molar-refractivity contribution in [1.29, 1.82) is 0 Å². The fraction of sp³-hybridized carbons (Fsp3) is 0.158. The minimum absolute atomic E-state index is 0.124. The zero-order chi connectivity index (χ0) is 20.5. The number of nitrogens with zero attached hydrogens (tertiary/aromatic N) is 1. The third-order valence-corrected chi connectivity index (χ3v) is 3.29. The van der Waals surface area contributed by atoms with Gasteiger partial charge >= 0.3 is 11.9 Å². The monoisotopic (exact) mass is 404 g/mol. The highest BCUT2D eigenvalue weighted by atomic mass is 35.5. The smallest absolute Gasteiger partial charge is 0.308 e. The Labute approximate surface area is 166 Å². The molecule has 0 radical (unpaired) electrons. The molecule has 0 aromatic heterocycles. The molecule has 0 aliphatic rings. The van der Waals surface area contributed by atoms with Crippen LogP contribution in [0.25, 0.3) is 0 Å². The molecule has 0 spiro atoms. The number of carbonyl (C=O) groups is 3. The van der Waals surface area contributed by atoms with Crippen LogP contribution in [0.1, 0.15) is 19.4 Å². The maximum atomic E-state index is 11.8. The van der Waals surface area contributed by atoms with Crippen LogP contribution >= 0.6 is 11.6 Å². The van der Waals surface area contributed by atoms with Gasteiger partial charge in [0.05, 0.1) is 6.21 Å². The molecule has 0 fully saturated rings. The van der Waals surface area contributed by atoms with Crippen molar-refractivity contribution < 1.29 is 28.6 Å². The van der Waals surface area contributed by atoms with Crippen LogP contribution in [0.4, 0.5) is 0 Å². The van der Waals surface area contributed by atoms with Gasteiger partial charge in [-0.05, 0) is 30.3 Å². The second-order valence-electron chi connectivity index (χ2n) is 5.43. The zero-order valence-corrected chi connectivity index (χ0v) is 15.9. The van der Waals surface area contributed by atoms with Crippen LogP contribution in [0, 0.1) is 0 Å². The average molecular weight is 405 g/mol. The molecule has 1 amide bonds. The number of rotatable bonds is 7. The fourth-order valence-electron chi connectivity index (χ4n) is 2.01. The Balaban J connectivity index is 1.98. The number of ether oxygens (including phenoxy) is 3. The van der Waals surface area contributed by atoms with Crippen LogP contribution < -0.4 is 19.6 Å². The van der Waals surface area contributed by atoms with Crippen molar-refractivity contribution in [2.75, 3.05) is 6.61 Å². The lowest BCUT2D eigenvalue weighted by molar-refractivity contribution is -0.132. The van der Waals surface area contributed by atoms with Crippen LogP contribution in [-0.4, -0.2) is 30.7 Å². The molecule has 0 unspecified atom stereocenters. The summed E-state index contributed by atoms with van der Waals surface area (Å²) in [7, 11) is 0. The number of hydrogen-bond acceptors (Lipinski definition) is 7. The fourth-order valence-corrected chi connectivity index (χ4v) is 2.19. The molecule has 0 aliphatic heterocycles. The molecule has 28 heavy (non-hydrogen) atoms. The average Bonchev–Trinajstić information content (AvgIpc) is 2.61. The summed E-state index contributed by atoms with van der Waals surface area (Å²) in [6.45, 7) is 2.22. The molecule has 0 saturated heterocycles. The first-order chi connectivity index (χ1) is 13.3. The number of hydrazone groups is 1. The second kappa shape index (κ2) is 10.1. The first kappa shape index (κ1) is 20.9. The predicted octanol–water partition coefficient (Wildman–Crippen LogP) is 2.72. The van der Waals surface area contributed by atoms with Crippen molar-refractivity contribution in [3.63, 3.8) is 0 Å². The summed E-state index contributed by atoms with van der Waals surface area (Å²) in [5, 5.41) is 4.29. The highest BCUT2D eigenvalue weighted by molar-refractivity contribution is 6.30. The maximum Gasteiger partial charge on any atom is 0.308 e. The molecule has 0 atom stereocenters. The van der Waals surface area contributed by atoms with Crippen LogP contribution in [0.3, 0.4) is 0 Å². The highest BCUT2D eigenvalue weighted by Gasteiger charge is 2.09. The number of amides is 1. The lowest BCUT2D eigenvalue weighted by Gasteiger charge is -2.08. The number of hydrogen-bond donors (Lipinski definition) is 1. The second-order valence-corrected chi connectivity index (χ2v) is 5.86. The summed E-state index contributed by atoms with van der Waals surface area (Å²) in [4.78, 5) is 34.1. The number of benzene rings is 2. The SMILES string of the molecule is CC(=O)Oc1ccc(/C=N/NC(=O)COc2cccc(Cl)c2)c(OC(C)=O)c1. The lowest BCUT2D eigenvalue weighted by atomic mass is 10.2. The van der Waals surface area contributed by atoms with E-state index in [1.807, 2.05) is 0 Å². The summed E-state index contributed by atoms with van der Waals surface area (Å²) in [5.74, 6) is -0.790. The van der Waals surface area contributed by atoms with Crippen molar-refractivity contribution in [3.8, 4) is 17.2 Å². The Morgan fingerprint density at radius 2 is 1.79 bits per heavy atom. The molecule has 1 N–H and O–H groups in total. The van der Waals surface area contributed by atoms with Gasteiger partial charge in [-0.2, -0.15) is 5.10 Å². The van der Waals surface area contributed by atoms with Crippen LogP contribution in [-0.2, 0) is 14.4 Å². The molecule has 2 rings (SSSR count). The van der Waals surface area contributed by atoms with E-state index in [0.29, 0.717) is 16.3 Å². The van der Waals surface area contributed by atoms with Crippen molar-refractivity contribution in [2.24, 2.45) is 5.10 Å². The van der Waals surface area contributed by atoms with E-state index in [1.165, 1.54) is 38.3 Å². The zero-order valence-electron chi connectivity index (χ0n) is 15.1. The number of halogens is 1. The standard InChI is InChI=1S/C19H17ClN2O6/c1-12(23)27-17-7-6-14(18(9-17)28-13(2)24)10-21-22-19(25)11-26-16-5-3-4-15(20)8-16/h3-10H,11H2,1-2H3,(H,22,25)/b21-10+. The Hall–Kier alpha value is -3.39. The van der Waals surface area contributed by atoms with Gasteiger partial charge in [0.25, 0.3) is 5.91 Å². The molecule has 0 aliphatic carbocycles. The van der Waals surface area contributed by atoms with E-state index < -0.39 is 17.8 Å². The molecule has 0 saturated carbocycles. The molecular formula is C19H17ClN2O6. The summed E-state index contributed by atoms with van der Waals surface area (Å²) < 4.78 is 15.3.